The van der Waals surface area contributed by atoms with Crippen LogP contribution in [0.1, 0.15) is 97.1 Å². The fraction of sp³-hybridized carbons (Fsp3) is 0.533. The number of rotatable bonds is 22. The summed E-state index contributed by atoms with van der Waals surface area (Å²) in [6.45, 7) is 8.37. The minimum atomic E-state index is -0.691. The summed E-state index contributed by atoms with van der Waals surface area (Å²) in [6, 6.07) is 28.6. The fourth-order valence-electron chi connectivity index (χ4n) is 11.4. The zero-order chi connectivity index (χ0) is 53.6. The molecule has 4 fully saturated rings. The largest absolute Gasteiger partial charge is 0.381 e. The van der Waals surface area contributed by atoms with Crippen molar-refractivity contribution in [1.82, 2.24) is 40.9 Å². The average molecular weight is 1040 g/mol. The van der Waals surface area contributed by atoms with E-state index in [2.05, 4.69) is 45.5 Å². The monoisotopic (exact) mass is 1040 g/mol. The molecule has 6 atom stereocenters. The lowest BCUT2D eigenvalue weighted by Gasteiger charge is -2.37. The van der Waals surface area contributed by atoms with Gasteiger partial charge in [-0.2, -0.15) is 0 Å². The molecule has 16 nitrogen and oxygen atoms in total. The molecule has 4 N–H and O–H groups in total. The van der Waals surface area contributed by atoms with E-state index in [0.717, 1.165) is 47.6 Å². The molecule has 16 heteroatoms. The molecule has 76 heavy (non-hydrogen) atoms. The van der Waals surface area contributed by atoms with Crippen molar-refractivity contribution in [3.05, 3.63) is 119 Å². The van der Waals surface area contributed by atoms with Gasteiger partial charge in [-0.3, -0.25) is 28.8 Å². The number of fused-ring (bicyclic) bond motifs is 1. The number of hydrogen-bond acceptors (Lipinski definition) is 10. The summed E-state index contributed by atoms with van der Waals surface area (Å²) >= 11 is 0. The zero-order valence-electron chi connectivity index (χ0n) is 45.1. The van der Waals surface area contributed by atoms with Crippen molar-refractivity contribution in [1.29, 1.82) is 0 Å². The molecule has 0 spiro atoms. The maximum absolute atomic E-state index is 14.9. The van der Waals surface area contributed by atoms with Gasteiger partial charge in [0.1, 0.15) is 12.1 Å². The third kappa shape index (κ3) is 14.2. The predicted molar refractivity (Wildman–Crippen MR) is 294 cm³/mol. The van der Waals surface area contributed by atoms with E-state index in [-0.39, 0.29) is 59.4 Å². The van der Waals surface area contributed by atoms with Gasteiger partial charge in [-0.15, -0.1) is 0 Å². The van der Waals surface area contributed by atoms with Crippen LogP contribution in [0.4, 0.5) is 0 Å². The Balaban J connectivity index is 1.01. The maximum Gasteiger partial charge on any atom is 0.253 e. The summed E-state index contributed by atoms with van der Waals surface area (Å²) in [5.74, 6) is -1.06. The summed E-state index contributed by atoms with van der Waals surface area (Å²) in [6.07, 6.45) is 7.02. The molecule has 0 unspecified atom stereocenters. The number of ether oxygens (including phenoxy) is 2. The Kier molecular flexibility index (Phi) is 20.1. The molecule has 6 amide bonds. The molecule has 0 saturated carbocycles. The van der Waals surface area contributed by atoms with E-state index in [9.17, 15) is 28.8 Å². The molecule has 4 aromatic rings. The Morgan fingerprint density at radius 1 is 0.539 bits per heavy atom. The third-order valence-corrected chi connectivity index (χ3v) is 16.4. The van der Waals surface area contributed by atoms with Crippen molar-refractivity contribution in [2.24, 2.45) is 11.8 Å². The highest BCUT2D eigenvalue weighted by Crippen LogP contribution is 2.29. The van der Waals surface area contributed by atoms with Crippen LogP contribution in [0.2, 0.25) is 0 Å². The molecule has 4 aromatic carbocycles. The maximum atomic E-state index is 14.9. The minimum absolute atomic E-state index is 0.0556. The second-order valence-corrected chi connectivity index (χ2v) is 21.3. The van der Waals surface area contributed by atoms with Gasteiger partial charge in [0.2, 0.25) is 23.6 Å². The van der Waals surface area contributed by atoms with Crippen LogP contribution in [0.15, 0.2) is 97.1 Å². The van der Waals surface area contributed by atoms with Crippen LogP contribution in [0.25, 0.3) is 10.8 Å². The summed E-state index contributed by atoms with van der Waals surface area (Å²) in [5, 5.41) is 13.8. The molecule has 4 saturated heterocycles. The Labute approximate surface area is 449 Å². The Morgan fingerprint density at radius 3 is 1.29 bits per heavy atom. The van der Waals surface area contributed by atoms with Gasteiger partial charge in [0.15, 0.2) is 0 Å². The van der Waals surface area contributed by atoms with E-state index in [0.29, 0.717) is 115 Å². The number of nitrogens with one attached hydrogen (secondary N) is 4. The van der Waals surface area contributed by atoms with Gasteiger partial charge in [0.05, 0.1) is 12.1 Å². The van der Waals surface area contributed by atoms with E-state index >= 15 is 0 Å². The number of likely N-dealkylation sites (tertiary alicyclic amines) is 2. The average Bonchev–Trinajstić information content (AvgIpc) is 4.15. The Bertz CT molecular complexity index is 2410. The first-order valence-corrected chi connectivity index (χ1v) is 27.8. The standard InChI is InChI=1S/C60H80N8O8/c1-41(61-3)55(69)63-53(45-25-33-75-34-26-45)59(73)67-29-11-17-51(67)39-65(31-23-43-13-7-5-8-14-43)57(71)49-21-19-48-38-50(22-20-47(48)37-49)58(72)66(32-24-44-15-9-6-10-16-44)40-52-18-12-30-68(52)60(74)54(46-27-35-76-36-28-46)64-56(70)42(2)62-4/h5-10,13-16,19-22,37-38,41-42,45-46,51-54,61-62H,11-12,17-18,23-36,39-40H2,1-4H3,(H,63,69)(H,64,70)/t41-,42-,51-,52-,53-,54-/m0/s1. The van der Waals surface area contributed by atoms with Crippen LogP contribution in [0, 0.1) is 11.8 Å². The molecular weight excluding hydrogens is 961 g/mol. The molecule has 0 bridgehead atoms. The summed E-state index contributed by atoms with van der Waals surface area (Å²) in [4.78, 5) is 93.0. The van der Waals surface area contributed by atoms with Gasteiger partial charge in [-0.1, -0.05) is 72.8 Å². The lowest BCUT2D eigenvalue weighted by Crippen LogP contribution is -2.58. The predicted octanol–water partition coefficient (Wildman–Crippen LogP) is 5.23. The van der Waals surface area contributed by atoms with Crippen molar-refractivity contribution >= 4 is 46.2 Å². The van der Waals surface area contributed by atoms with Crippen molar-refractivity contribution in [2.45, 2.75) is 114 Å². The molecule has 0 radical (unpaired) electrons. The number of benzene rings is 4. The smallest absolute Gasteiger partial charge is 0.253 e. The van der Waals surface area contributed by atoms with Crippen LogP contribution < -0.4 is 21.3 Å². The highest BCUT2D eigenvalue weighted by Gasteiger charge is 2.42. The molecule has 4 heterocycles. The van der Waals surface area contributed by atoms with E-state index in [1.165, 1.54) is 0 Å². The number of likely N-dealkylation sites (N-methyl/N-ethyl adjacent to an activating group) is 2. The highest BCUT2D eigenvalue weighted by molar-refractivity contribution is 6.02. The lowest BCUT2D eigenvalue weighted by atomic mass is 9.90. The summed E-state index contributed by atoms with van der Waals surface area (Å²) in [7, 11) is 3.45. The first kappa shape index (κ1) is 56.0. The van der Waals surface area contributed by atoms with Crippen molar-refractivity contribution in [3.8, 4) is 0 Å². The fourth-order valence-corrected chi connectivity index (χ4v) is 11.4. The number of nitrogens with zero attached hydrogens (tertiary/aromatic N) is 4. The van der Waals surface area contributed by atoms with E-state index in [1.54, 1.807) is 27.9 Å². The Morgan fingerprint density at radius 2 is 0.921 bits per heavy atom. The van der Waals surface area contributed by atoms with Gasteiger partial charge in [-0.05, 0) is 150 Å². The van der Waals surface area contributed by atoms with E-state index < -0.39 is 24.2 Å². The van der Waals surface area contributed by atoms with Crippen molar-refractivity contribution < 1.29 is 38.2 Å². The van der Waals surface area contributed by atoms with Gasteiger partial charge < -0.3 is 50.3 Å². The minimum Gasteiger partial charge on any atom is -0.381 e. The molecule has 8 rings (SSSR count). The summed E-state index contributed by atoms with van der Waals surface area (Å²) < 4.78 is 11.3. The van der Waals surface area contributed by atoms with E-state index in [4.69, 9.17) is 9.47 Å². The molecule has 408 valence electrons. The van der Waals surface area contributed by atoms with Gasteiger partial charge in [-0.25, -0.2) is 0 Å². The molecule has 0 aromatic heterocycles. The van der Waals surface area contributed by atoms with Crippen LogP contribution in [-0.4, -0.2) is 171 Å². The first-order chi connectivity index (χ1) is 36.9. The topological polar surface area (TPSA) is 182 Å². The lowest BCUT2D eigenvalue weighted by molar-refractivity contribution is -0.140. The zero-order valence-corrected chi connectivity index (χ0v) is 45.1. The van der Waals surface area contributed by atoms with Crippen LogP contribution in [0.5, 0.6) is 0 Å². The third-order valence-electron chi connectivity index (χ3n) is 16.4. The van der Waals surface area contributed by atoms with Gasteiger partial charge in [0, 0.05) is 88.9 Å². The molecule has 4 aliphatic heterocycles. The number of amides is 6. The quantitative estimate of drug-likeness (QED) is 0.0815. The van der Waals surface area contributed by atoms with Crippen LogP contribution in [-0.2, 0) is 41.5 Å². The molecule has 4 aliphatic rings. The molecule has 0 aliphatic carbocycles. The SMILES string of the molecule is CN[C@@H](C)C(=O)N[C@H](C(=O)N1CCC[C@H]1CN(CCc1ccccc1)C(=O)c1ccc2cc(C(=O)N(CCc3ccccc3)C[C@@H]3CCCN3C(=O)[C@@H](NC(=O)[C@H](C)NC)C3CCOCC3)ccc2c1)C1CCOCC1. The highest BCUT2D eigenvalue weighted by atomic mass is 16.5. The van der Waals surface area contributed by atoms with Gasteiger partial charge >= 0.3 is 0 Å². The van der Waals surface area contributed by atoms with Crippen LogP contribution in [0.3, 0.4) is 0 Å². The second-order valence-electron chi connectivity index (χ2n) is 21.3. The van der Waals surface area contributed by atoms with Crippen molar-refractivity contribution in [2.75, 3.05) is 79.8 Å². The number of carbonyl (C=O) groups is 6. The number of hydrogen-bond donors (Lipinski definition) is 4. The van der Waals surface area contributed by atoms with E-state index in [1.807, 2.05) is 92.4 Å². The van der Waals surface area contributed by atoms with Crippen molar-refractivity contribution in [3.63, 3.8) is 0 Å². The summed E-state index contributed by atoms with van der Waals surface area (Å²) in [5.41, 5.74) is 3.22. The first-order valence-electron chi connectivity index (χ1n) is 27.8. The van der Waals surface area contributed by atoms with Crippen LogP contribution >= 0.6 is 0 Å². The molecular formula is C60H80N8O8. The second kappa shape index (κ2) is 27.2. The Hall–Kier alpha value is -6.20. The normalized spacial score (nSPS) is 19.9. The van der Waals surface area contributed by atoms with Gasteiger partial charge in [0.25, 0.3) is 11.8 Å². The number of carbonyl (C=O) groups excluding carboxylic acids is 6.